The third-order valence-electron chi connectivity index (χ3n) is 3.96. The first kappa shape index (κ1) is 18.1. The van der Waals surface area contributed by atoms with E-state index in [9.17, 15) is 14.7 Å². The van der Waals surface area contributed by atoms with E-state index in [1.54, 1.807) is 17.0 Å². The number of nitrogens with zero attached hydrogens (tertiary/aromatic N) is 1. The van der Waals surface area contributed by atoms with Gasteiger partial charge in [-0.2, -0.15) is 0 Å². The molecule has 0 saturated heterocycles. The summed E-state index contributed by atoms with van der Waals surface area (Å²) in [5.41, 5.74) is 2.14. The molecule has 0 unspecified atom stereocenters. The van der Waals surface area contributed by atoms with Gasteiger partial charge in [-0.15, -0.1) is 0 Å². The molecule has 1 aromatic carbocycles. The predicted molar refractivity (Wildman–Crippen MR) is 88.8 cm³/mol. The van der Waals surface area contributed by atoms with Crippen LogP contribution in [0.4, 0.5) is 4.79 Å². The van der Waals surface area contributed by atoms with Gasteiger partial charge in [0, 0.05) is 25.1 Å². The minimum absolute atomic E-state index is 0.232. The van der Waals surface area contributed by atoms with Crippen LogP contribution in [0, 0.1) is 0 Å². The highest BCUT2D eigenvalue weighted by Crippen LogP contribution is 2.31. The monoisotopic (exact) mass is 335 g/mol. The summed E-state index contributed by atoms with van der Waals surface area (Å²) in [5, 5.41) is 10.1. The van der Waals surface area contributed by atoms with Crippen molar-refractivity contribution < 1.29 is 24.2 Å². The number of hydrogen-bond acceptors (Lipinski definition) is 5. The van der Waals surface area contributed by atoms with Crippen LogP contribution in [0.2, 0.25) is 0 Å². The number of methoxy groups -OCH3 is 1. The van der Waals surface area contributed by atoms with Crippen LogP contribution in [-0.4, -0.2) is 41.3 Å². The lowest BCUT2D eigenvalue weighted by molar-refractivity contribution is -0.140. The number of fused-ring (bicyclic) bond motifs is 1. The Morgan fingerprint density at radius 1 is 1.25 bits per heavy atom. The van der Waals surface area contributed by atoms with Crippen LogP contribution in [0.25, 0.3) is 0 Å². The summed E-state index contributed by atoms with van der Waals surface area (Å²) < 4.78 is 10.1. The van der Waals surface area contributed by atoms with Crippen molar-refractivity contribution in [1.29, 1.82) is 0 Å². The smallest absolute Gasteiger partial charge is 0.410 e. The zero-order valence-electron chi connectivity index (χ0n) is 14.7. The number of rotatable bonds is 3. The van der Waals surface area contributed by atoms with Gasteiger partial charge in [0.1, 0.15) is 11.4 Å². The molecule has 6 nitrogen and oxygen atoms in total. The number of esters is 1. The van der Waals surface area contributed by atoms with Crippen LogP contribution in [0.15, 0.2) is 12.1 Å². The van der Waals surface area contributed by atoms with Gasteiger partial charge in [-0.1, -0.05) is 6.07 Å². The minimum atomic E-state index is -0.552. The van der Waals surface area contributed by atoms with Gasteiger partial charge in [0.25, 0.3) is 0 Å². The maximum absolute atomic E-state index is 12.3. The van der Waals surface area contributed by atoms with Crippen LogP contribution in [0.5, 0.6) is 5.75 Å². The van der Waals surface area contributed by atoms with E-state index in [2.05, 4.69) is 4.74 Å². The molecule has 132 valence electrons. The molecule has 0 aromatic heterocycles. The molecular weight excluding hydrogens is 310 g/mol. The van der Waals surface area contributed by atoms with Gasteiger partial charge in [-0.05, 0) is 50.8 Å². The molecule has 2 rings (SSSR count). The molecule has 0 radical (unpaired) electrons. The zero-order valence-corrected chi connectivity index (χ0v) is 14.7. The predicted octanol–water partition coefficient (Wildman–Crippen LogP) is 2.79. The number of aromatic hydroxyl groups is 1. The molecule has 0 atom stereocenters. The molecule has 24 heavy (non-hydrogen) atoms. The van der Waals surface area contributed by atoms with E-state index in [1.807, 2.05) is 20.8 Å². The number of carbonyl (C=O) groups excluding carboxylic acids is 2. The van der Waals surface area contributed by atoms with Gasteiger partial charge in [0.2, 0.25) is 0 Å². The molecule has 1 aliphatic rings. The number of hydrogen-bond donors (Lipinski definition) is 1. The number of ether oxygens (including phenoxy) is 2. The summed E-state index contributed by atoms with van der Waals surface area (Å²) in [7, 11) is 1.36. The highest BCUT2D eigenvalue weighted by molar-refractivity contribution is 5.70. The number of aryl methyl sites for hydroxylation is 1. The molecule has 1 aliphatic heterocycles. The van der Waals surface area contributed by atoms with E-state index in [4.69, 9.17) is 4.74 Å². The number of amides is 1. The van der Waals surface area contributed by atoms with E-state index in [-0.39, 0.29) is 24.2 Å². The van der Waals surface area contributed by atoms with Crippen LogP contribution < -0.4 is 0 Å². The second-order valence-corrected chi connectivity index (χ2v) is 6.93. The van der Waals surface area contributed by atoms with E-state index in [1.165, 1.54) is 7.11 Å². The first-order valence-corrected chi connectivity index (χ1v) is 8.08. The van der Waals surface area contributed by atoms with Gasteiger partial charge < -0.3 is 19.5 Å². The van der Waals surface area contributed by atoms with E-state index in [0.29, 0.717) is 25.9 Å². The van der Waals surface area contributed by atoms with Gasteiger partial charge in [-0.25, -0.2) is 4.79 Å². The molecule has 0 saturated carbocycles. The standard InChI is InChI=1S/C18H25NO5/c1-18(2,3)24-17(22)19-10-9-13-14(11-19)12(5-7-15(13)20)6-8-16(21)23-4/h5,7,20H,6,8-11H2,1-4H3. The van der Waals surface area contributed by atoms with Crippen molar-refractivity contribution in [1.82, 2.24) is 4.90 Å². The van der Waals surface area contributed by atoms with Crippen molar-refractivity contribution >= 4 is 12.1 Å². The van der Waals surface area contributed by atoms with E-state index < -0.39 is 5.60 Å². The highest BCUT2D eigenvalue weighted by Gasteiger charge is 2.28. The Balaban J connectivity index is 2.19. The normalized spacial score (nSPS) is 14.1. The summed E-state index contributed by atoms with van der Waals surface area (Å²) in [5.74, 6) is -0.0488. The summed E-state index contributed by atoms with van der Waals surface area (Å²) in [6.45, 7) is 6.36. The zero-order chi connectivity index (χ0) is 17.9. The average Bonchev–Trinajstić information content (AvgIpc) is 2.52. The third-order valence-corrected chi connectivity index (χ3v) is 3.96. The lowest BCUT2D eigenvalue weighted by Gasteiger charge is -2.32. The SMILES string of the molecule is COC(=O)CCc1ccc(O)c2c1CN(C(=O)OC(C)(C)C)CC2. The first-order chi connectivity index (χ1) is 11.2. The topological polar surface area (TPSA) is 76.1 Å². The molecule has 1 N–H and O–H groups in total. The second kappa shape index (κ2) is 7.11. The number of carbonyl (C=O) groups is 2. The third kappa shape index (κ3) is 4.40. The number of benzene rings is 1. The van der Waals surface area contributed by atoms with Gasteiger partial charge in [0.05, 0.1) is 7.11 Å². The fraction of sp³-hybridized carbons (Fsp3) is 0.556. The Kier molecular flexibility index (Phi) is 5.36. The largest absolute Gasteiger partial charge is 0.508 e. The summed E-state index contributed by atoms with van der Waals surface area (Å²) >= 11 is 0. The van der Waals surface area contributed by atoms with Crippen LogP contribution >= 0.6 is 0 Å². The van der Waals surface area contributed by atoms with Crippen molar-refractivity contribution in [3.63, 3.8) is 0 Å². The Morgan fingerprint density at radius 3 is 2.58 bits per heavy atom. The lowest BCUT2D eigenvalue weighted by Crippen LogP contribution is -2.40. The van der Waals surface area contributed by atoms with Crippen molar-refractivity contribution in [3.8, 4) is 5.75 Å². The minimum Gasteiger partial charge on any atom is -0.508 e. The van der Waals surface area contributed by atoms with Gasteiger partial charge in [-0.3, -0.25) is 4.79 Å². The fourth-order valence-corrected chi connectivity index (χ4v) is 2.78. The van der Waals surface area contributed by atoms with Crippen molar-refractivity contribution in [2.45, 2.75) is 52.2 Å². The highest BCUT2D eigenvalue weighted by atomic mass is 16.6. The van der Waals surface area contributed by atoms with E-state index in [0.717, 1.165) is 16.7 Å². The maximum atomic E-state index is 12.3. The van der Waals surface area contributed by atoms with Gasteiger partial charge >= 0.3 is 12.1 Å². The number of phenolic OH excluding ortho intramolecular Hbond substituents is 1. The van der Waals surface area contributed by atoms with Crippen molar-refractivity contribution in [2.24, 2.45) is 0 Å². The molecular formula is C18H25NO5. The first-order valence-electron chi connectivity index (χ1n) is 8.08. The second-order valence-electron chi connectivity index (χ2n) is 6.93. The summed E-state index contributed by atoms with van der Waals surface area (Å²) in [6, 6.07) is 3.45. The van der Waals surface area contributed by atoms with Crippen molar-refractivity contribution in [2.75, 3.05) is 13.7 Å². The molecule has 1 amide bonds. The van der Waals surface area contributed by atoms with E-state index >= 15 is 0 Å². The Hall–Kier alpha value is -2.24. The Labute approximate surface area is 142 Å². The van der Waals surface area contributed by atoms with Crippen molar-refractivity contribution in [3.05, 3.63) is 28.8 Å². The maximum Gasteiger partial charge on any atom is 0.410 e. The molecule has 0 aliphatic carbocycles. The summed E-state index contributed by atoms with van der Waals surface area (Å²) in [4.78, 5) is 25.3. The summed E-state index contributed by atoms with van der Waals surface area (Å²) in [6.07, 6.45) is 0.972. The molecule has 0 fully saturated rings. The van der Waals surface area contributed by atoms with Crippen LogP contribution in [0.1, 0.15) is 43.9 Å². The Bertz CT molecular complexity index is 633. The fourth-order valence-electron chi connectivity index (χ4n) is 2.78. The van der Waals surface area contributed by atoms with Crippen LogP contribution in [-0.2, 0) is 33.7 Å². The lowest BCUT2D eigenvalue weighted by atomic mass is 9.92. The number of phenols is 1. The molecule has 6 heteroatoms. The molecule has 0 spiro atoms. The molecule has 1 heterocycles. The average molecular weight is 335 g/mol. The molecule has 0 bridgehead atoms. The Morgan fingerprint density at radius 2 is 1.96 bits per heavy atom. The quantitative estimate of drug-likeness (QED) is 0.860. The van der Waals surface area contributed by atoms with Gasteiger partial charge in [0.15, 0.2) is 0 Å². The van der Waals surface area contributed by atoms with Crippen LogP contribution in [0.3, 0.4) is 0 Å². The molecule has 1 aromatic rings.